The fourth-order valence-electron chi connectivity index (χ4n) is 3.53. The minimum absolute atomic E-state index is 0. The zero-order valence-electron chi connectivity index (χ0n) is 14.7. The second-order valence-electron chi connectivity index (χ2n) is 7.05. The van der Waals surface area contributed by atoms with Crippen LogP contribution >= 0.6 is 0 Å². The van der Waals surface area contributed by atoms with Gasteiger partial charge < -0.3 is 0 Å². The van der Waals surface area contributed by atoms with Gasteiger partial charge in [-0.3, -0.25) is 4.55 Å². The van der Waals surface area contributed by atoms with Crippen molar-refractivity contribution in [1.29, 1.82) is 0 Å². The maximum atomic E-state index is 12.3. The summed E-state index contributed by atoms with van der Waals surface area (Å²) in [6.45, 7) is 12.0. The number of hydrogen-bond acceptors (Lipinski definition) is 2. The molecule has 0 fully saturated rings. The van der Waals surface area contributed by atoms with Crippen LogP contribution < -0.4 is 0 Å². The van der Waals surface area contributed by atoms with Crippen LogP contribution in [0.15, 0.2) is 29.2 Å². The summed E-state index contributed by atoms with van der Waals surface area (Å²) < 4.78 is 34.5. The van der Waals surface area contributed by atoms with E-state index >= 15 is 0 Å². The molecule has 0 atom stereocenters. The Hall–Kier alpha value is -0.390. The van der Waals surface area contributed by atoms with Crippen molar-refractivity contribution in [1.82, 2.24) is 0 Å². The molecule has 3 nitrogen and oxygen atoms in total. The molecule has 0 aliphatic carbocycles. The fourth-order valence-corrected chi connectivity index (χ4v) is 4.78. The molecule has 0 spiro atoms. The van der Waals surface area contributed by atoms with Crippen LogP contribution in [0.4, 0.5) is 0 Å². The van der Waals surface area contributed by atoms with E-state index in [0.717, 1.165) is 27.5 Å². The summed E-state index contributed by atoms with van der Waals surface area (Å²) in [6, 6.07) is 7.90. The Morgan fingerprint density at radius 2 is 1.12 bits per heavy atom. The van der Waals surface area contributed by atoms with Gasteiger partial charge in [0.15, 0.2) is 0 Å². The Kier molecular flexibility index (Phi) is 7.11. The summed E-state index contributed by atoms with van der Waals surface area (Å²) in [4.78, 5) is 0.116. The third-order valence-electron chi connectivity index (χ3n) is 4.28. The van der Waals surface area contributed by atoms with Gasteiger partial charge in [0, 0.05) is 0 Å². The minimum atomic E-state index is -4.30. The van der Waals surface area contributed by atoms with Crippen molar-refractivity contribution in [2.45, 2.75) is 64.2 Å². The SMILES string of the molecule is CC(C)c1c(S(=O)(=O)O)c(C(C)C)c2ccccc2c1C(C)C.[NaH]. The average molecular weight is 358 g/mol. The first-order chi connectivity index (χ1) is 10.6. The Balaban J connectivity index is 0.00000288. The molecule has 128 valence electrons. The van der Waals surface area contributed by atoms with Crippen LogP contribution in [0.2, 0.25) is 0 Å². The molecule has 0 aliphatic heterocycles. The van der Waals surface area contributed by atoms with E-state index in [1.54, 1.807) is 0 Å². The molecule has 0 bridgehead atoms. The number of hydrogen-bond donors (Lipinski definition) is 1. The summed E-state index contributed by atoms with van der Waals surface area (Å²) in [5.74, 6) is 0.168. The first-order valence-electron chi connectivity index (χ1n) is 8.13. The topological polar surface area (TPSA) is 54.4 Å². The first kappa shape index (κ1) is 21.7. The van der Waals surface area contributed by atoms with Crippen LogP contribution in [0.1, 0.15) is 76.0 Å². The van der Waals surface area contributed by atoms with Crippen LogP contribution in [0.5, 0.6) is 0 Å². The Bertz CT molecular complexity index is 837. The number of rotatable bonds is 4. The van der Waals surface area contributed by atoms with Gasteiger partial charge in [0.25, 0.3) is 10.1 Å². The monoisotopic (exact) mass is 358 g/mol. The van der Waals surface area contributed by atoms with E-state index in [4.69, 9.17) is 0 Å². The summed E-state index contributed by atoms with van der Waals surface area (Å²) in [7, 11) is -4.30. The van der Waals surface area contributed by atoms with Crippen molar-refractivity contribution in [3.05, 3.63) is 41.0 Å². The van der Waals surface area contributed by atoms with Crippen molar-refractivity contribution in [2.24, 2.45) is 0 Å². The van der Waals surface area contributed by atoms with Gasteiger partial charge >= 0.3 is 29.6 Å². The molecule has 1 N–H and O–H groups in total. The maximum absolute atomic E-state index is 12.3. The predicted molar refractivity (Wildman–Crippen MR) is 103 cm³/mol. The summed E-state index contributed by atoms with van der Waals surface area (Å²) in [6.07, 6.45) is 0. The van der Waals surface area contributed by atoms with E-state index in [-0.39, 0.29) is 52.2 Å². The molecule has 0 amide bonds. The molecule has 0 unspecified atom stereocenters. The summed E-state index contributed by atoms with van der Waals surface area (Å²) in [5, 5.41) is 2.01. The van der Waals surface area contributed by atoms with E-state index in [9.17, 15) is 13.0 Å². The Morgan fingerprint density at radius 1 is 0.750 bits per heavy atom. The van der Waals surface area contributed by atoms with Gasteiger partial charge in [0.1, 0.15) is 4.90 Å². The standard InChI is InChI=1S/C19H26O3S.Na.H/c1-11(2)16-14-9-7-8-10-15(14)17(12(3)4)19(23(20,21)22)18(16)13(5)6;;/h7-13H,1-6H3,(H,20,21,22);;. The van der Waals surface area contributed by atoms with Gasteiger partial charge in [-0.2, -0.15) is 8.42 Å². The quantitative estimate of drug-likeness (QED) is 0.630. The van der Waals surface area contributed by atoms with Crippen molar-refractivity contribution >= 4 is 50.4 Å². The third kappa shape index (κ3) is 3.88. The first-order valence-corrected chi connectivity index (χ1v) is 9.57. The van der Waals surface area contributed by atoms with E-state index in [1.165, 1.54) is 0 Å². The normalized spacial score (nSPS) is 12.2. The van der Waals surface area contributed by atoms with Crippen molar-refractivity contribution in [3.63, 3.8) is 0 Å². The zero-order valence-corrected chi connectivity index (χ0v) is 15.5. The van der Waals surface area contributed by atoms with Crippen LogP contribution in [-0.2, 0) is 10.1 Å². The second-order valence-corrected chi connectivity index (χ2v) is 8.41. The zero-order chi connectivity index (χ0) is 17.5. The van der Waals surface area contributed by atoms with Gasteiger partial charge in [0.05, 0.1) is 0 Å². The van der Waals surface area contributed by atoms with E-state index in [1.807, 2.05) is 45.9 Å². The van der Waals surface area contributed by atoms with Crippen LogP contribution in [0.25, 0.3) is 10.8 Å². The van der Waals surface area contributed by atoms with Gasteiger partial charge in [-0.15, -0.1) is 0 Å². The van der Waals surface area contributed by atoms with Gasteiger partial charge in [0.2, 0.25) is 0 Å². The molecule has 2 aromatic carbocycles. The van der Waals surface area contributed by atoms with Gasteiger partial charge in [-0.25, -0.2) is 0 Å². The molecule has 0 heterocycles. The summed E-state index contributed by atoms with van der Waals surface area (Å²) >= 11 is 0. The molecule has 0 aliphatic rings. The molecule has 0 saturated carbocycles. The van der Waals surface area contributed by atoms with Crippen molar-refractivity contribution in [2.75, 3.05) is 0 Å². The van der Waals surface area contributed by atoms with E-state index in [2.05, 4.69) is 19.9 Å². The molecule has 2 rings (SSSR count). The van der Waals surface area contributed by atoms with E-state index in [0.29, 0.717) is 0 Å². The molecule has 0 aromatic heterocycles. The summed E-state index contributed by atoms with van der Waals surface area (Å²) in [5.41, 5.74) is 2.49. The molecule has 5 heteroatoms. The molecule has 0 radical (unpaired) electrons. The van der Waals surface area contributed by atoms with Crippen LogP contribution in [-0.4, -0.2) is 42.5 Å². The molecular formula is C19H27NaO3S. The fraction of sp³-hybridized carbons (Fsp3) is 0.474. The Morgan fingerprint density at radius 3 is 1.46 bits per heavy atom. The van der Waals surface area contributed by atoms with Crippen LogP contribution in [0.3, 0.4) is 0 Å². The number of benzene rings is 2. The van der Waals surface area contributed by atoms with Gasteiger partial charge in [-0.1, -0.05) is 65.8 Å². The second kappa shape index (κ2) is 7.88. The van der Waals surface area contributed by atoms with Crippen molar-refractivity contribution in [3.8, 4) is 0 Å². The molecule has 0 saturated heterocycles. The molecule has 2 aromatic rings. The molecule has 24 heavy (non-hydrogen) atoms. The number of fused-ring (bicyclic) bond motifs is 1. The van der Waals surface area contributed by atoms with Gasteiger partial charge in [-0.05, 0) is 45.2 Å². The predicted octanol–water partition coefficient (Wildman–Crippen LogP) is 4.81. The Labute approximate surface area is 167 Å². The third-order valence-corrected chi connectivity index (χ3v) is 5.23. The van der Waals surface area contributed by atoms with Crippen LogP contribution in [0, 0.1) is 0 Å². The average Bonchev–Trinajstić information content (AvgIpc) is 2.42. The van der Waals surface area contributed by atoms with E-state index < -0.39 is 10.1 Å². The molecular weight excluding hydrogens is 331 g/mol. The van der Waals surface area contributed by atoms with Crippen molar-refractivity contribution < 1.29 is 13.0 Å².